The number of benzene rings is 1. The van der Waals surface area contributed by atoms with Gasteiger partial charge in [0.15, 0.2) is 0 Å². The third kappa shape index (κ3) is 3.69. The molecule has 1 fully saturated rings. The van der Waals surface area contributed by atoms with Crippen molar-refractivity contribution in [2.24, 2.45) is 5.92 Å². The number of carbonyl (C=O) groups excluding carboxylic acids is 1. The number of nitriles is 1. The summed E-state index contributed by atoms with van der Waals surface area (Å²) in [5.74, 6) is 1.15. The van der Waals surface area contributed by atoms with Crippen LogP contribution < -0.4 is 5.32 Å². The molecule has 24 heavy (non-hydrogen) atoms. The van der Waals surface area contributed by atoms with E-state index < -0.39 is 0 Å². The van der Waals surface area contributed by atoms with Crippen LogP contribution in [0.2, 0.25) is 0 Å². The average Bonchev–Trinajstić information content (AvgIpc) is 2.62. The Morgan fingerprint density at radius 2 is 2.08 bits per heavy atom. The second kappa shape index (κ2) is 7.09. The van der Waals surface area contributed by atoms with Gasteiger partial charge in [-0.1, -0.05) is 13.0 Å². The lowest BCUT2D eigenvalue weighted by Gasteiger charge is -2.30. The van der Waals surface area contributed by atoms with Gasteiger partial charge in [-0.05, 0) is 37.0 Å². The summed E-state index contributed by atoms with van der Waals surface area (Å²) in [6.45, 7) is 3.76. The largest absolute Gasteiger partial charge is 0.340 e. The number of likely N-dealkylation sites (tertiary alicyclic amines) is 1. The predicted molar refractivity (Wildman–Crippen MR) is 90.8 cm³/mol. The van der Waals surface area contributed by atoms with Crippen molar-refractivity contribution >= 4 is 17.4 Å². The number of aromatic nitrogens is 2. The van der Waals surface area contributed by atoms with E-state index in [0.29, 0.717) is 23.0 Å². The van der Waals surface area contributed by atoms with Gasteiger partial charge in [0.1, 0.15) is 17.8 Å². The maximum absolute atomic E-state index is 12.6. The number of rotatable bonds is 3. The van der Waals surface area contributed by atoms with Crippen LogP contribution in [0.4, 0.5) is 11.5 Å². The molecule has 0 saturated carbocycles. The third-order valence-electron chi connectivity index (χ3n) is 4.22. The van der Waals surface area contributed by atoms with Gasteiger partial charge in [0.05, 0.1) is 11.6 Å². The normalized spacial score (nSPS) is 14.9. The number of nitrogens with one attached hydrogen (secondary N) is 1. The Morgan fingerprint density at radius 3 is 2.83 bits per heavy atom. The Morgan fingerprint density at radius 1 is 1.29 bits per heavy atom. The predicted octanol–water partition coefficient (Wildman–Crippen LogP) is 2.96. The first-order valence-corrected chi connectivity index (χ1v) is 8.04. The third-order valence-corrected chi connectivity index (χ3v) is 4.22. The second-order valence-corrected chi connectivity index (χ2v) is 6.08. The number of hydrogen-bond acceptors (Lipinski definition) is 5. The fourth-order valence-corrected chi connectivity index (χ4v) is 2.73. The highest BCUT2D eigenvalue weighted by atomic mass is 16.2. The summed E-state index contributed by atoms with van der Waals surface area (Å²) in [7, 11) is 0. The zero-order valence-corrected chi connectivity index (χ0v) is 13.6. The molecule has 1 N–H and O–H groups in total. The maximum atomic E-state index is 12.6. The minimum atomic E-state index is -0.0573. The quantitative estimate of drug-likeness (QED) is 0.940. The second-order valence-electron chi connectivity index (χ2n) is 6.08. The SMILES string of the molecule is CC1CCN(C(=O)c2cc(Nc3cccc(C#N)c3)ncn2)CC1. The van der Waals surface area contributed by atoms with E-state index in [1.165, 1.54) is 6.33 Å². The average molecular weight is 321 g/mol. The van der Waals surface area contributed by atoms with E-state index in [2.05, 4.69) is 28.3 Å². The molecule has 3 rings (SSSR count). The Labute approximate surface area is 141 Å². The highest BCUT2D eigenvalue weighted by Gasteiger charge is 2.22. The molecule has 122 valence electrons. The highest BCUT2D eigenvalue weighted by molar-refractivity contribution is 5.93. The van der Waals surface area contributed by atoms with Crippen LogP contribution in [0, 0.1) is 17.2 Å². The van der Waals surface area contributed by atoms with Crippen LogP contribution in [-0.2, 0) is 0 Å². The van der Waals surface area contributed by atoms with E-state index >= 15 is 0 Å². The first kappa shape index (κ1) is 15.9. The molecule has 1 aliphatic rings. The molecule has 6 heteroatoms. The molecule has 1 aliphatic heterocycles. The Balaban J connectivity index is 1.74. The molecule has 0 unspecified atom stereocenters. The van der Waals surface area contributed by atoms with Gasteiger partial charge >= 0.3 is 0 Å². The number of hydrogen-bond donors (Lipinski definition) is 1. The smallest absolute Gasteiger partial charge is 0.272 e. The van der Waals surface area contributed by atoms with Crippen LogP contribution >= 0.6 is 0 Å². The van der Waals surface area contributed by atoms with E-state index in [1.54, 1.807) is 24.3 Å². The van der Waals surface area contributed by atoms with Gasteiger partial charge in [-0.15, -0.1) is 0 Å². The van der Waals surface area contributed by atoms with Crippen molar-refractivity contribution in [1.82, 2.24) is 14.9 Å². The van der Waals surface area contributed by atoms with E-state index in [4.69, 9.17) is 5.26 Å². The standard InChI is InChI=1S/C18H19N5O/c1-13-5-7-23(8-6-13)18(24)16-10-17(21-12-20-16)22-15-4-2-3-14(9-15)11-19/h2-4,9-10,12-13H,5-8H2,1H3,(H,20,21,22). The maximum Gasteiger partial charge on any atom is 0.272 e. The molecule has 1 amide bonds. The van der Waals surface area contributed by atoms with Gasteiger partial charge in [-0.3, -0.25) is 4.79 Å². The van der Waals surface area contributed by atoms with E-state index in [0.717, 1.165) is 31.6 Å². The monoisotopic (exact) mass is 321 g/mol. The Bertz CT molecular complexity index is 775. The summed E-state index contributed by atoms with van der Waals surface area (Å²) in [6.07, 6.45) is 3.45. The van der Waals surface area contributed by atoms with Crippen LogP contribution in [0.5, 0.6) is 0 Å². The zero-order valence-electron chi connectivity index (χ0n) is 13.6. The van der Waals surface area contributed by atoms with Gasteiger partial charge in [0.25, 0.3) is 5.91 Å². The summed E-state index contributed by atoms with van der Waals surface area (Å²) >= 11 is 0. The molecule has 2 aromatic rings. The molecule has 1 aromatic carbocycles. The molecule has 0 radical (unpaired) electrons. The van der Waals surface area contributed by atoms with Gasteiger partial charge in [-0.2, -0.15) is 5.26 Å². The molecular weight excluding hydrogens is 302 g/mol. The van der Waals surface area contributed by atoms with Crippen molar-refractivity contribution in [1.29, 1.82) is 5.26 Å². The number of anilines is 2. The summed E-state index contributed by atoms with van der Waals surface area (Å²) < 4.78 is 0. The van der Waals surface area contributed by atoms with Crippen LogP contribution in [-0.4, -0.2) is 33.9 Å². The van der Waals surface area contributed by atoms with Gasteiger partial charge in [-0.25, -0.2) is 9.97 Å². The summed E-state index contributed by atoms with van der Waals surface area (Å²) in [5, 5.41) is 12.1. The lowest BCUT2D eigenvalue weighted by Crippen LogP contribution is -2.38. The summed E-state index contributed by atoms with van der Waals surface area (Å²) in [6, 6.07) is 10.9. The van der Waals surface area contributed by atoms with Crippen molar-refractivity contribution < 1.29 is 4.79 Å². The van der Waals surface area contributed by atoms with Crippen LogP contribution in [0.1, 0.15) is 35.8 Å². The fraction of sp³-hybridized carbons (Fsp3) is 0.333. The lowest BCUT2D eigenvalue weighted by molar-refractivity contribution is 0.0691. The van der Waals surface area contributed by atoms with Crippen LogP contribution in [0.3, 0.4) is 0 Å². The molecule has 0 bridgehead atoms. The minimum Gasteiger partial charge on any atom is -0.340 e. The van der Waals surface area contributed by atoms with Gasteiger partial charge in [0, 0.05) is 24.8 Å². The molecule has 0 atom stereocenters. The van der Waals surface area contributed by atoms with E-state index in [1.807, 2.05) is 11.0 Å². The van der Waals surface area contributed by atoms with E-state index in [9.17, 15) is 4.79 Å². The number of carbonyl (C=O) groups is 1. The topological polar surface area (TPSA) is 81.9 Å². The first-order valence-electron chi connectivity index (χ1n) is 8.04. The fourth-order valence-electron chi connectivity index (χ4n) is 2.73. The minimum absolute atomic E-state index is 0.0573. The Hall–Kier alpha value is -2.94. The summed E-state index contributed by atoms with van der Waals surface area (Å²) in [4.78, 5) is 22.7. The van der Waals surface area contributed by atoms with E-state index in [-0.39, 0.29) is 5.91 Å². The summed E-state index contributed by atoms with van der Waals surface area (Å²) in [5.41, 5.74) is 1.70. The molecule has 6 nitrogen and oxygen atoms in total. The number of amides is 1. The van der Waals surface area contributed by atoms with Crippen molar-refractivity contribution in [2.45, 2.75) is 19.8 Å². The van der Waals surface area contributed by atoms with Crippen molar-refractivity contribution in [3.8, 4) is 6.07 Å². The lowest BCUT2D eigenvalue weighted by atomic mass is 9.99. The number of piperidine rings is 1. The van der Waals surface area contributed by atoms with Crippen molar-refractivity contribution in [2.75, 3.05) is 18.4 Å². The van der Waals surface area contributed by atoms with Gasteiger partial charge < -0.3 is 10.2 Å². The molecule has 0 spiro atoms. The molecule has 0 aliphatic carbocycles. The highest BCUT2D eigenvalue weighted by Crippen LogP contribution is 2.19. The van der Waals surface area contributed by atoms with Crippen molar-refractivity contribution in [3.63, 3.8) is 0 Å². The first-order chi connectivity index (χ1) is 11.7. The zero-order chi connectivity index (χ0) is 16.9. The molecule has 2 heterocycles. The van der Waals surface area contributed by atoms with Gasteiger partial charge in [0.2, 0.25) is 0 Å². The van der Waals surface area contributed by atoms with Crippen LogP contribution in [0.25, 0.3) is 0 Å². The molecule has 1 saturated heterocycles. The molecular formula is C18H19N5O. The number of nitrogens with zero attached hydrogens (tertiary/aromatic N) is 4. The Kier molecular flexibility index (Phi) is 4.71. The van der Waals surface area contributed by atoms with Crippen LogP contribution in [0.15, 0.2) is 36.7 Å². The van der Waals surface area contributed by atoms with Crippen molar-refractivity contribution in [3.05, 3.63) is 47.9 Å². The molecule has 1 aromatic heterocycles.